The van der Waals surface area contributed by atoms with Crippen LogP contribution in [0.25, 0.3) is 0 Å². The number of amides is 3. The summed E-state index contributed by atoms with van der Waals surface area (Å²) >= 11 is 5.57. The Kier molecular flexibility index (Phi) is 11.4. The Balaban J connectivity index is 1.63. The molecule has 0 radical (unpaired) electrons. The highest BCUT2D eigenvalue weighted by atomic mass is 32.1. The summed E-state index contributed by atoms with van der Waals surface area (Å²) in [6.45, 7) is 11.3. The molecule has 4 rings (SSSR count). The molecule has 3 aromatic rings. The Morgan fingerprint density at radius 3 is 2.37 bits per heavy atom. The molecule has 246 valence electrons. The highest BCUT2D eigenvalue weighted by Gasteiger charge is 2.45. The largest absolute Gasteiger partial charge is 0.489 e. The average molecular weight is 651 g/mol. The molecule has 0 unspecified atom stereocenters. The van der Waals surface area contributed by atoms with Crippen molar-refractivity contribution in [3.8, 4) is 5.75 Å². The first-order valence-electron chi connectivity index (χ1n) is 15.3. The van der Waals surface area contributed by atoms with Crippen LogP contribution in [0.2, 0.25) is 0 Å². The summed E-state index contributed by atoms with van der Waals surface area (Å²) in [6, 6.07) is 16.0. The molecule has 0 bridgehead atoms. The lowest BCUT2D eigenvalue weighted by Gasteiger charge is -2.35. The third-order valence-electron chi connectivity index (χ3n) is 7.47. The number of carbonyl (C=O) groups is 3. The van der Waals surface area contributed by atoms with E-state index in [-0.39, 0.29) is 24.1 Å². The number of nitrogens with one attached hydrogen (secondary N) is 1. The summed E-state index contributed by atoms with van der Waals surface area (Å²) in [6.07, 6.45) is 2.45. The van der Waals surface area contributed by atoms with E-state index < -0.39 is 47.8 Å². The minimum Gasteiger partial charge on any atom is -0.489 e. The second kappa shape index (κ2) is 15.2. The van der Waals surface area contributed by atoms with E-state index in [9.17, 15) is 14.4 Å². The summed E-state index contributed by atoms with van der Waals surface area (Å²) in [7, 11) is 0. The number of rotatable bonds is 11. The number of imidazole rings is 1. The van der Waals surface area contributed by atoms with Crippen molar-refractivity contribution in [1.29, 1.82) is 0 Å². The monoisotopic (exact) mass is 650 g/mol. The molecule has 3 amide bonds. The van der Waals surface area contributed by atoms with Gasteiger partial charge >= 0.3 is 12.2 Å². The van der Waals surface area contributed by atoms with Gasteiger partial charge in [-0.1, -0.05) is 56.3 Å². The van der Waals surface area contributed by atoms with Crippen LogP contribution >= 0.6 is 12.2 Å². The van der Waals surface area contributed by atoms with Crippen LogP contribution in [0.3, 0.4) is 0 Å². The molecule has 2 heterocycles. The number of aromatic nitrogens is 2. The zero-order valence-corrected chi connectivity index (χ0v) is 27.9. The molecule has 1 aliphatic heterocycles. The van der Waals surface area contributed by atoms with Gasteiger partial charge in [-0.2, -0.15) is 0 Å². The maximum atomic E-state index is 14.0. The molecule has 2 aromatic carbocycles. The quantitative estimate of drug-likeness (QED) is 0.258. The van der Waals surface area contributed by atoms with Crippen LogP contribution in [0.1, 0.15) is 52.7 Å². The van der Waals surface area contributed by atoms with Crippen molar-refractivity contribution >= 4 is 35.5 Å². The molecular weight excluding hydrogens is 608 g/mol. The number of hydrogen-bond acceptors (Lipinski definition) is 9. The maximum Gasteiger partial charge on any atom is 0.416 e. The van der Waals surface area contributed by atoms with Crippen molar-refractivity contribution in [3.05, 3.63) is 84.4 Å². The van der Waals surface area contributed by atoms with Crippen molar-refractivity contribution < 1.29 is 33.3 Å². The van der Waals surface area contributed by atoms with Crippen molar-refractivity contribution in [2.75, 3.05) is 6.61 Å². The second-order valence-electron chi connectivity index (χ2n) is 12.6. The van der Waals surface area contributed by atoms with Crippen LogP contribution in [0.5, 0.6) is 5.75 Å². The van der Waals surface area contributed by atoms with Crippen LogP contribution in [0.4, 0.5) is 9.59 Å². The molecule has 1 aliphatic rings. The van der Waals surface area contributed by atoms with Gasteiger partial charge < -0.3 is 24.3 Å². The van der Waals surface area contributed by atoms with Crippen LogP contribution in [0.15, 0.2) is 73.3 Å². The van der Waals surface area contributed by atoms with Gasteiger partial charge in [0.25, 0.3) is 5.17 Å². The molecule has 0 saturated carbocycles. The lowest BCUT2D eigenvalue weighted by molar-refractivity contribution is -0.137. The number of cyclic esters (lactones) is 1. The van der Waals surface area contributed by atoms with Gasteiger partial charge in [-0.25, -0.2) is 19.5 Å². The number of thiocarbonyl (C=S) groups is 1. The van der Waals surface area contributed by atoms with Gasteiger partial charge in [0.05, 0.1) is 18.0 Å². The Morgan fingerprint density at radius 1 is 1.07 bits per heavy atom. The molecule has 46 heavy (non-hydrogen) atoms. The van der Waals surface area contributed by atoms with Crippen LogP contribution in [0, 0.1) is 11.8 Å². The van der Waals surface area contributed by atoms with E-state index in [0.717, 1.165) is 16.0 Å². The van der Waals surface area contributed by atoms with E-state index in [2.05, 4.69) is 10.3 Å². The highest BCUT2D eigenvalue weighted by molar-refractivity contribution is 7.80. The molecule has 4 atom stereocenters. The van der Waals surface area contributed by atoms with Gasteiger partial charge in [-0.3, -0.25) is 9.36 Å². The van der Waals surface area contributed by atoms with Gasteiger partial charge in [-0.05, 0) is 75.5 Å². The minimum atomic E-state index is -1.02. The van der Waals surface area contributed by atoms with Crippen molar-refractivity contribution in [2.24, 2.45) is 11.8 Å². The molecule has 1 aromatic heterocycles. The Bertz CT molecular complexity index is 1470. The number of carbonyl (C=O) groups excluding carboxylic acids is 3. The zero-order chi connectivity index (χ0) is 33.4. The van der Waals surface area contributed by atoms with Crippen molar-refractivity contribution in [2.45, 2.75) is 78.4 Å². The summed E-state index contributed by atoms with van der Waals surface area (Å²) in [4.78, 5) is 45.1. The van der Waals surface area contributed by atoms with Gasteiger partial charge in [0.1, 0.15) is 37.0 Å². The Labute approximate surface area is 275 Å². The van der Waals surface area contributed by atoms with E-state index in [1.54, 1.807) is 40.1 Å². The third kappa shape index (κ3) is 9.29. The van der Waals surface area contributed by atoms with Gasteiger partial charge in [0.15, 0.2) is 0 Å². The second-order valence-corrected chi connectivity index (χ2v) is 12.9. The molecule has 11 nitrogen and oxygen atoms in total. The van der Waals surface area contributed by atoms with Crippen molar-refractivity contribution in [1.82, 2.24) is 19.8 Å². The first-order valence-corrected chi connectivity index (χ1v) is 15.7. The molecule has 1 saturated heterocycles. The van der Waals surface area contributed by atoms with Crippen molar-refractivity contribution in [3.63, 3.8) is 0 Å². The smallest absolute Gasteiger partial charge is 0.416 e. The highest BCUT2D eigenvalue weighted by Crippen LogP contribution is 2.27. The van der Waals surface area contributed by atoms with Gasteiger partial charge in [-0.15, -0.1) is 0 Å². The SMILES string of the molecule is CC(C)[C@H]1COC(=O)N1C(=O)[C@@H](C)[C@H](OC(=S)n1ccnc1)[C@H](Cc1ccc(OCc2ccccc2)cc1)NC(=O)OC(C)(C)C. The maximum absolute atomic E-state index is 14.0. The fourth-order valence-corrected chi connectivity index (χ4v) is 5.26. The predicted molar refractivity (Wildman–Crippen MR) is 175 cm³/mol. The summed E-state index contributed by atoms with van der Waals surface area (Å²) in [5.41, 5.74) is 1.10. The van der Waals surface area contributed by atoms with Gasteiger partial charge in [0, 0.05) is 12.4 Å². The average Bonchev–Trinajstić information content (AvgIpc) is 3.68. The summed E-state index contributed by atoms with van der Waals surface area (Å²) in [5.74, 6) is -0.802. The fraction of sp³-hybridized carbons (Fsp3) is 0.441. The first kappa shape index (κ1) is 34.4. The summed E-state index contributed by atoms with van der Waals surface area (Å²) < 4.78 is 24.6. The molecule has 0 spiro atoms. The molecular formula is C34H42N4O7S. The summed E-state index contributed by atoms with van der Waals surface area (Å²) in [5, 5.41) is 2.94. The molecule has 1 fully saturated rings. The van der Waals surface area contributed by atoms with Crippen LogP contribution in [-0.4, -0.2) is 68.1 Å². The number of alkyl carbamates (subject to hydrolysis) is 1. The zero-order valence-electron chi connectivity index (χ0n) is 27.0. The normalized spacial score (nSPS) is 16.7. The third-order valence-corrected chi connectivity index (χ3v) is 7.78. The van der Waals surface area contributed by atoms with E-state index in [4.69, 9.17) is 31.2 Å². The van der Waals surface area contributed by atoms with E-state index in [1.165, 1.54) is 10.9 Å². The number of ether oxygens (including phenoxy) is 4. The topological polar surface area (TPSA) is 121 Å². The van der Waals surface area contributed by atoms with Gasteiger partial charge in [0.2, 0.25) is 5.91 Å². The van der Waals surface area contributed by atoms with E-state index in [0.29, 0.717) is 12.4 Å². The standard InChI is InChI=1S/C34H42N4O7S/c1-22(2)28-20-43-32(41)38(28)30(39)23(3)29(44-33(46)37-17-16-35-21-37)27(36-31(40)45-34(4,5)6)18-24-12-14-26(15-13-24)42-19-25-10-8-7-9-11-25/h7-17,21-23,27-29H,18-20H2,1-6H3,(H,36,40)/t23-,27-,28+,29-/m0/s1. The number of benzene rings is 2. The first-order chi connectivity index (χ1) is 21.8. The Morgan fingerprint density at radius 2 is 1.76 bits per heavy atom. The fourth-order valence-electron chi connectivity index (χ4n) is 5.04. The number of imide groups is 1. The van der Waals surface area contributed by atoms with E-state index in [1.807, 2.05) is 68.4 Å². The minimum absolute atomic E-state index is 0.0206. The molecule has 0 aliphatic carbocycles. The van der Waals surface area contributed by atoms with E-state index >= 15 is 0 Å². The number of hydrogen-bond donors (Lipinski definition) is 1. The lowest BCUT2D eigenvalue weighted by atomic mass is 9.91. The number of nitrogens with zero attached hydrogens (tertiary/aromatic N) is 3. The predicted octanol–water partition coefficient (Wildman–Crippen LogP) is 5.76. The van der Waals surface area contributed by atoms with Crippen LogP contribution < -0.4 is 10.1 Å². The lowest BCUT2D eigenvalue weighted by Crippen LogP contribution is -2.55. The molecule has 12 heteroatoms. The molecule has 1 N–H and O–H groups in total. The van der Waals surface area contributed by atoms with Crippen LogP contribution in [-0.2, 0) is 32.0 Å². The Hall–Kier alpha value is -4.45.